The first-order valence-electron chi connectivity index (χ1n) is 5.45. The highest BCUT2D eigenvalue weighted by atomic mass is 35.5. The van der Waals surface area contributed by atoms with Crippen LogP contribution >= 0.6 is 11.6 Å². The van der Waals surface area contributed by atoms with Gasteiger partial charge in [-0.2, -0.15) is 0 Å². The second-order valence-electron chi connectivity index (χ2n) is 3.54. The highest BCUT2D eigenvalue weighted by Crippen LogP contribution is 2.10. The Labute approximate surface area is 111 Å². The van der Waals surface area contributed by atoms with E-state index >= 15 is 0 Å². The van der Waals surface area contributed by atoms with E-state index in [1.165, 1.54) is 6.08 Å². The molecule has 0 bridgehead atoms. The lowest BCUT2D eigenvalue weighted by Gasteiger charge is -2.05. The van der Waals surface area contributed by atoms with E-state index in [0.29, 0.717) is 22.9 Å². The summed E-state index contributed by atoms with van der Waals surface area (Å²) < 4.78 is 4.73. The number of carbonyl (C=O) groups is 2. The molecule has 0 saturated carbocycles. The number of benzene rings is 1. The van der Waals surface area contributed by atoms with Crippen LogP contribution in [-0.4, -0.2) is 18.5 Å². The van der Waals surface area contributed by atoms with E-state index in [2.05, 4.69) is 5.32 Å². The van der Waals surface area contributed by atoms with Gasteiger partial charge < -0.3 is 10.1 Å². The average molecular weight is 268 g/mol. The number of esters is 1. The van der Waals surface area contributed by atoms with Crippen LogP contribution < -0.4 is 5.32 Å². The Morgan fingerprint density at radius 1 is 1.44 bits per heavy atom. The van der Waals surface area contributed by atoms with E-state index in [9.17, 15) is 9.59 Å². The number of ether oxygens (including phenoxy) is 1. The van der Waals surface area contributed by atoms with Gasteiger partial charge in [0.25, 0.3) is 5.91 Å². The van der Waals surface area contributed by atoms with E-state index in [-0.39, 0.29) is 5.91 Å². The monoisotopic (exact) mass is 267 g/mol. The van der Waals surface area contributed by atoms with Gasteiger partial charge in [0.15, 0.2) is 0 Å². The molecular weight excluding hydrogens is 254 g/mol. The molecule has 0 radical (unpaired) electrons. The molecule has 0 saturated heterocycles. The minimum atomic E-state index is -0.485. The molecule has 0 fully saturated rings. The molecular formula is C13H14ClNO3. The zero-order chi connectivity index (χ0) is 13.5. The molecule has 0 aromatic heterocycles. The van der Waals surface area contributed by atoms with Gasteiger partial charge in [0.05, 0.1) is 6.61 Å². The lowest BCUT2D eigenvalue weighted by molar-refractivity contribution is -0.137. The average Bonchev–Trinajstić information content (AvgIpc) is 2.28. The fraction of sp³-hybridized carbons (Fsp3) is 0.231. The lowest BCUT2D eigenvalue weighted by Crippen LogP contribution is -2.22. The third-order valence-corrected chi connectivity index (χ3v) is 2.25. The quantitative estimate of drug-likeness (QED) is 0.674. The van der Waals surface area contributed by atoms with E-state index < -0.39 is 5.97 Å². The minimum absolute atomic E-state index is 0.296. The van der Waals surface area contributed by atoms with Gasteiger partial charge in [-0.3, -0.25) is 4.79 Å². The second kappa shape index (κ2) is 6.81. The van der Waals surface area contributed by atoms with Crippen LogP contribution in [0.4, 0.5) is 0 Å². The Balaban J connectivity index is 2.68. The summed E-state index contributed by atoms with van der Waals surface area (Å²) in [7, 11) is 0. The van der Waals surface area contributed by atoms with Crippen LogP contribution in [0, 0.1) is 0 Å². The van der Waals surface area contributed by atoms with Gasteiger partial charge in [-0.25, -0.2) is 4.79 Å². The molecule has 1 amide bonds. The summed E-state index contributed by atoms with van der Waals surface area (Å²) in [5.74, 6) is -0.808. The van der Waals surface area contributed by atoms with Crippen LogP contribution in [0.15, 0.2) is 36.0 Å². The number of carbonyl (C=O) groups excluding carboxylic acids is 2. The van der Waals surface area contributed by atoms with Crippen molar-refractivity contribution in [2.75, 3.05) is 6.61 Å². The topological polar surface area (TPSA) is 55.4 Å². The second-order valence-corrected chi connectivity index (χ2v) is 3.98. The summed E-state index contributed by atoms with van der Waals surface area (Å²) in [6.45, 7) is 3.62. The van der Waals surface area contributed by atoms with Crippen LogP contribution in [0.5, 0.6) is 0 Å². The van der Waals surface area contributed by atoms with Crippen molar-refractivity contribution in [3.05, 3.63) is 46.6 Å². The summed E-state index contributed by atoms with van der Waals surface area (Å²) in [5, 5.41) is 3.06. The van der Waals surface area contributed by atoms with E-state index in [1.807, 2.05) is 0 Å². The molecule has 4 nitrogen and oxygen atoms in total. The van der Waals surface area contributed by atoms with Crippen LogP contribution in [-0.2, 0) is 9.53 Å². The van der Waals surface area contributed by atoms with Crippen molar-refractivity contribution in [1.82, 2.24) is 5.32 Å². The van der Waals surface area contributed by atoms with Gasteiger partial charge in [0.1, 0.15) is 0 Å². The first-order chi connectivity index (χ1) is 8.52. The van der Waals surface area contributed by atoms with Gasteiger partial charge in [-0.15, -0.1) is 0 Å². The molecule has 0 spiro atoms. The van der Waals surface area contributed by atoms with Crippen LogP contribution in [0.1, 0.15) is 24.2 Å². The first kappa shape index (κ1) is 14.3. The molecule has 1 aromatic carbocycles. The Morgan fingerprint density at radius 3 is 2.78 bits per heavy atom. The molecule has 0 heterocycles. The number of hydrogen-bond donors (Lipinski definition) is 1. The SMILES string of the molecule is CCOC(=O)/C=C(\C)NC(=O)c1cccc(Cl)c1. The normalized spacial score (nSPS) is 10.9. The third kappa shape index (κ3) is 4.59. The number of allylic oxidation sites excluding steroid dienone is 1. The fourth-order valence-electron chi connectivity index (χ4n) is 1.28. The number of rotatable bonds is 4. The standard InChI is InChI=1S/C13H14ClNO3/c1-3-18-12(16)7-9(2)15-13(17)10-5-4-6-11(14)8-10/h4-8H,3H2,1-2H3,(H,15,17)/b9-7+. The molecule has 18 heavy (non-hydrogen) atoms. The molecule has 0 aliphatic rings. The minimum Gasteiger partial charge on any atom is -0.463 e. The van der Waals surface area contributed by atoms with Crippen molar-refractivity contribution >= 4 is 23.5 Å². The number of hydrogen-bond acceptors (Lipinski definition) is 3. The Morgan fingerprint density at radius 2 is 2.17 bits per heavy atom. The number of amides is 1. The number of halogens is 1. The van der Waals surface area contributed by atoms with E-state index in [1.54, 1.807) is 38.1 Å². The molecule has 0 unspecified atom stereocenters. The maximum absolute atomic E-state index is 11.8. The maximum Gasteiger partial charge on any atom is 0.332 e. The zero-order valence-corrected chi connectivity index (χ0v) is 11.0. The highest BCUT2D eigenvalue weighted by Gasteiger charge is 2.07. The smallest absolute Gasteiger partial charge is 0.332 e. The maximum atomic E-state index is 11.8. The molecule has 0 aliphatic carbocycles. The summed E-state index contributed by atoms with van der Waals surface area (Å²) in [4.78, 5) is 22.9. The summed E-state index contributed by atoms with van der Waals surface area (Å²) in [6.07, 6.45) is 1.23. The summed E-state index contributed by atoms with van der Waals surface area (Å²) in [6, 6.07) is 6.55. The Bertz CT molecular complexity index is 483. The summed E-state index contributed by atoms with van der Waals surface area (Å²) >= 11 is 5.78. The van der Waals surface area contributed by atoms with Crippen molar-refractivity contribution in [3.8, 4) is 0 Å². The third-order valence-electron chi connectivity index (χ3n) is 2.02. The Hall–Kier alpha value is -1.81. The Kier molecular flexibility index (Phi) is 5.39. The van der Waals surface area contributed by atoms with Gasteiger partial charge >= 0.3 is 5.97 Å². The van der Waals surface area contributed by atoms with Crippen molar-refractivity contribution in [2.24, 2.45) is 0 Å². The molecule has 0 aliphatic heterocycles. The predicted molar refractivity (Wildman–Crippen MR) is 69.3 cm³/mol. The first-order valence-corrected chi connectivity index (χ1v) is 5.82. The summed E-state index contributed by atoms with van der Waals surface area (Å²) in [5.41, 5.74) is 0.845. The van der Waals surface area contributed by atoms with Crippen molar-refractivity contribution < 1.29 is 14.3 Å². The number of nitrogens with one attached hydrogen (secondary N) is 1. The molecule has 5 heteroatoms. The molecule has 96 valence electrons. The van der Waals surface area contributed by atoms with Crippen LogP contribution in [0.3, 0.4) is 0 Å². The lowest BCUT2D eigenvalue weighted by atomic mass is 10.2. The van der Waals surface area contributed by atoms with Gasteiger partial charge in [0, 0.05) is 22.4 Å². The highest BCUT2D eigenvalue weighted by molar-refractivity contribution is 6.30. The molecule has 1 rings (SSSR count). The fourth-order valence-corrected chi connectivity index (χ4v) is 1.47. The van der Waals surface area contributed by atoms with Crippen molar-refractivity contribution in [1.29, 1.82) is 0 Å². The van der Waals surface area contributed by atoms with Gasteiger partial charge in [-0.05, 0) is 32.0 Å². The molecule has 1 N–H and O–H groups in total. The predicted octanol–water partition coefficient (Wildman–Crippen LogP) is 2.54. The van der Waals surface area contributed by atoms with E-state index in [0.717, 1.165) is 0 Å². The van der Waals surface area contributed by atoms with Gasteiger partial charge in [-0.1, -0.05) is 17.7 Å². The van der Waals surface area contributed by atoms with Crippen LogP contribution in [0.2, 0.25) is 5.02 Å². The molecule has 0 atom stereocenters. The van der Waals surface area contributed by atoms with E-state index in [4.69, 9.17) is 16.3 Å². The zero-order valence-electron chi connectivity index (χ0n) is 10.2. The van der Waals surface area contributed by atoms with Gasteiger partial charge in [0.2, 0.25) is 0 Å². The molecule has 1 aromatic rings. The van der Waals surface area contributed by atoms with Crippen LogP contribution in [0.25, 0.3) is 0 Å². The van der Waals surface area contributed by atoms with Crippen molar-refractivity contribution in [2.45, 2.75) is 13.8 Å². The largest absolute Gasteiger partial charge is 0.463 e. The van der Waals surface area contributed by atoms with Crippen molar-refractivity contribution in [3.63, 3.8) is 0 Å².